The molecule has 1 aromatic carbocycles. The topological polar surface area (TPSA) is 35.8 Å². The number of hydrazone groups is 1. The molecule has 1 aliphatic heterocycles. The normalized spacial score (nSPS) is 17.4. The van der Waals surface area contributed by atoms with Crippen LogP contribution >= 0.6 is 0 Å². The van der Waals surface area contributed by atoms with E-state index in [9.17, 15) is 13.9 Å². The average molecular weight is 292 g/mol. The molecule has 0 spiro atoms. The first-order chi connectivity index (χ1) is 9.74. The molecule has 1 heterocycles. The molecule has 0 saturated carbocycles. The van der Waals surface area contributed by atoms with Gasteiger partial charge in [0, 0.05) is 7.05 Å². The highest BCUT2D eigenvalue weighted by Crippen LogP contribution is 2.26. The number of hydrogen-bond donors (Lipinski definition) is 1. The van der Waals surface area contributed by atoms with E-state index in [0.717, 1.165) is 17.8 Å². The Kier molecular flexibility index (Phi) is 3.96. The monoisotopic (exact) mass is 292 g/mol. The highest BCUT2D eigenvalue weighted by Gasteiger charge is 2.23. The summed E-state index contributed by atoms with van der Waals surface area (Å²) in [5, 5.41) is 15.6. The van der Waals surface area contributed by atoms with Gasteiger partial charge in [0.25, 0.3) is 0 Å². The van der Waals surface area contributed by atoms with E-state index in [1.807, 2.05) is 13.0 Å². The maximum Gasteiger partial charge on any atom is 0.136 e. The maximum absolute atomic E-state index is 14.2. The van der Waals surface area contributed by atoms with Gasteiger partial charge >= 0.3 is 0 Å². The van der Waals surface area contributed by atoms with Gasteiger partial charge in [0.2, 0.25) is 0 Å². The Labute approximate surface area is 122 Å². The van der Waals surface area contributed by atoms with Crippen LogP contribution in [0.1, 0.15) is 31.9 Å². The van der Waals surface area contributed by atoms with Gasteiger partial charge in [0.05, 0.1) is 22.6 Å². The van der Waals surface area contributed by atoms with Crippen molar-refractivity contribution in [1.82, 2.24) is 5.01 Å². The predicted octanol–water partition coefficient (Wildman–Crippen LogP) is 3.30. The van der Waals surface area contributed by atoms with Gasteiger partial charge < -0.3 is 5.11 Å². The summed E-state index contributed by atoms with van der Waals surface area (Å²) in [6.07, 6.45) is 5.16. The minimum Gasteiger partial charge on any atom is -0.386 e. The van der Waals surface area contributed by atoms with Crippen LogP contribution in [0.2, 0.25) is 0 Å². The van der Waals surface area contributed by atoms with Crippen molar-refractivity contribution in [3.05, 3.63) is 58.8 Å². The molecular formula is C16H18F2N2O. The van der Waals surface area contributed by atoms with E-state index in [4.69, 9.17) is 0 Å². The zero-order valence-corrected chi connectivity index (χ0v) is 12.5. The van der Waals surface area contributed by atoms with Gasteiger partial charge in [-0.15, -0.1) is 0 Å². The SMILES string of the molecule is CC=C1C=CC(c2c(F)cc(C(C)(C)O)cc2F)=NN1C. The number of nitrogens with zero attached hydrogens (tertiary/aromatic N) is 2. The molecule has 21 heavy (non-hydrogen) atoms. The molecule has 3 nitrogen and oxygen atoms in total. The largest absolute Gasteiger partial charge is 0.386 e. The lowest BCUT2D eigenvalue weighted by Crippen LogP contribution is -2.20. The second kappa shape index (κ2) is 5.41. The minimum absolute atomic E-state index is 0.184. The molecule has 0 aliphatic carbocycles. The fourth-order valence-electron chi connectivity index (χ4n) is 2.11. The van der Waals surface area contributed by atoms with Crippen LogP contribution in [0.4, 0.5) is 8.78 Å². The summed E-state index contributed by atoms with van der Waals surface area (Å²) in [6.45, 7) is 4.81. The van der Waals surface area contributed by atoms with Crippen LogP contribution < -0.4 is 0 Å². The highest BCUT2D eigenvalue weighted by molar-refractivity contribution is 6.09. The van der Waals surface area contributed by atoms with E-state index in [1.165, 1.54) is 13.8 Å². The van der Waals surface area contributed by atoms with Crippen molar-refractivity contribution in [3.8, 4) is 0 Å². The average Bonchev–Trinajstić information content (AvgIpc) is 2.37. The molecule has 1 aromatic rings. The molecule has 2 rings (SSSR count). The van der Waals surface area contributed by atoms with Crippen LogP contribution in [-0.4, -0.2) is 22.9 Å². The second-order valence-electron chi connectivity index (χ2n) is 5.43. The highest BCUT2D eigenvalue weighted by atomic mass is 19.1. The molecule has 0 bridgehead atoms. The summed E-state index contributed by atoms with van der Waals surface area (Å²) in [5.41, 5.74) is -0.266. The van der Waals surface area contributed by atoms with Crippen molar-refractivity contribution in [3.63, 3.8) is 0 Å². The van der Waals surface area contributed by atoms with E-state index < -0.39 is 17.2 Å². The number of rotatable bonds is 2. The summed E-state index contributed by atoms with van der Waals surface area (Å²) in [7, 11) is 1.71. The lowest BCUT2D eigenvalue weighted by atomic mass is 9.95. The Morgan fingerprint density at radius 3 is 2.19 bits per heavy atom. The standard InChI is InChI=1S/C16H18F2N2O/c1-5-11-6-7-14(19-20(11)4)15-12(17)8-10(9-13(15)18)16(2,3)21/h5-9,21H,1-4H3. The molecule has 1 aliphatic rings. The molecule has 0 amide bonds. The molecule has 5 heteroatoms. The molecule has 0 saturated heterocycles. The molecule has 0 unspecified atom stereocenters. The Hall–Kier alpha value is -2.01. The first-order valence-corrected chi connectivity index (χ1v) is 6.63. The fourth-order valence-corrected chi connectivity index (χ4v) is 2.11. The summed E-state index contributed by atoms with van der Waals surface area (Å²) in [5.74, 6) is -1.49. The van der Waals surface area contributed by atoms with Crippen LogP contribution in [-0.2, 0) is 5.60 Å². The van der Waals surface area contributed by atoms with Crippen LogP contribution in [0, 0.1) is 11.6 Å². The molecule has 112 valence electrons. The van der Waals surface area contributed by atoms with Crippen molar-refractivity contribution >= 4 is 5.71 Å². The van der Waals surface area contributed by atoms with Crippen LogP contribution in [0.5, 0.6) is 0 Å². The van der Waals surface area contributed by atoms with E-state index in [1.54, 1.807) is 24.2 Å². The zero-order chi connectivity index (χ0) is 15.8. The van der Waals surface area contributed by atoms with Gasteiger partial charge in [-0.25, -0.2) is 8.78 Å². The van der Waals surface area contributed by atoms with Crippen LogP contribution in [0.15, 0.2) is 41.2 Å². The Morgan fingerprint density at radius 2 is 1.76 bits per heavy atom. The number of aliphatic hydroxyl groups is 1. The number of hydrogen-bond acceptors (Lipinski definition) is 3. The van der Waals surface area contributed by atoms with Crippen LogP contribution in [0.25, 0.3) is 0 Å². The predicted molar refractivity (Wildman–Crippen MR) is 78.8 cm³/mol. The van der Waals surface area contributed by atoms with Gasteiger partial charge in [0.1, 0.15) is 11.6 Å². The van der Waals surface area contributed by atoms with E-state index in [-0.39, 0.29) is 16.8 Å². The third-order valence-corrected chi connectivity index (χ3v) is 3.34. The number of allylic oxidation sites excluding steroid dienone is 3. The van der Waals surface area contributed by atoms with Crippen molar-refractivity contribution in [2.24, 2.45) is 5.10 Å². The fraction of sp³-hybridized carbons (Fsp3) is 0.312. The summed E-state index contributed by atoms with van der Waals surface area (Å²) in [4.78, 5) is 0. The number of benzene rings is 1. The van der Waals surface area contributed by atoms with E-state index in [0.29, 0.717) is 0 Å². The Bertz CT molecular complexity index is 632. The summed E-state index contributed by atoms with van der Waals surface area (Å²) >= 11 is 0. The third-order valence-electron chi connectivity index (χ3n) is 3.34. The first-order valence-electron chi connectivity index (χ1n) is 6.63. The van der Waals surface area contributed by atoms with Gasteiger partial charge in [-0.2, -0.15) is 5.10 Å². The quantitative estimate of drug-likeness (QED) is 0.908. The van der Waals surface area contributed by atoms with Crippen molar-refractivity contribution in [2.75, 3.05) is 7.05 Å². The van der Waals surface area contributed by atoms with Gasteiger partial charge in [0.15, 0.2) is 0 Å². The lowest BCUT2D eigenvalue weighted by Gasteiger charge is -2.22. The van der Waals surface area contributed by atoms with E-state index >= 15 is 0 Å². The first kappa shape index (κ1) is 15.4. The van der Waals surface area contributed by atoms with Gasteiger partial charge in [-0.3, -0.25) is 5.01 Å². The van der Waals surface area contributed by atoms with Gasteiger partial charge in [-0.05, 0) is 50.6 Å². The lowest BCUT2D eigenvalue weighted by molar-refractivity contribution is 0.0778. The molecule has 0 aromatic heterocycles. The van der Waals surface area contributed by atoms with Crippen LogP contribution in [0.3, 0.4) is 0 Å². The molecule has 1 N–H and O–H groups in total. The third kappa shape index (κ3) is 3.03. The van der Waals surface area contributed by atoms with Crippen molar-refractivity contribution < 1.29 is 13.9 Å². The zero-order valence-electron chi connectivity index (χ0n) is 12.5. The van der Waals surface area contributed by atoms with Crippen molar-refractivity contribution in [1.29, 1.82) is 0 Å². The molecule has 0 fully saturated rings. The second-order valence-corrected chi connectivity index (χ2v) is 5.43. The minimum atomic E-state index is -1.31. The summed E-state index contributed by atoms with van der Waals surface area (Å²) < 4.78 is 28.5. The number of likely N-dealkylation sites (N-methyl/N-ethyl adjacent to an activating group) is 1. The van der Waals surface area contributed by atoms with Gasteiger partial charge in [-0.1, -0.05) is 6.08 Å². The maximum atomic E-state index is 14.2. The number of halogens is 2. The molecular weight excluding hydrogens is 274 g/mol. The Morgan fingerprint density at radius 1 is 1.19 bits per heavy atom. The summed E-state index contributed by atoms with van der Waals surface area (Å²) in [6, 6.07) is 2.28. The smallest absolute Gasteiger partial charge is 0.136 e. The van der Waals surface area contributed by atoms with E-state index in [2.05, 4.69) is 5.10 Å². The molecule has 0 atom stereocenters. The molecule has 0 radical (unpaired) electrons. The Balaban J connectivity index is 2.50. The van der Waals surface area contributed by atoms with Crippen molar-refractivity contribution in [2.45, 2.75) is 26.4 Å².